The van der Waals surface area contributed by atoms with Gasteiger partial charge in [-0.05, 0) is 42.8 Å². The van der Waals surface area contributed by atoms with E-state index in [0.29, 0.717) is 18.0 Å². The summed E-state index contributed by atoms with van der Waals surface area (Å²) in [6.45, 7) is 1.48. The number of rotatable bonds is 3. The van der Waals surface area contributed by atoms with Gasteiger partial charge in [0, 0.05) is 31.5 Å². The highest BCUT2D eigenvalue weighted by Gasteiger charge is 2.23. The molecule has 6 nitrogen and oxygen atoms in total. The first-order chi connectivity index (χ1) is 11.6. The molecule has 1 aliphatic rings. The second-order valence-corrected chi connectivity index (χ2v) is 5.58. The molecule has 0 aliphatic carbocycles. The van der Waals surface area contributed by atoms with E-state index in [-0.39, 0.29) is 6.03 Å². The summed E-state index contributed by atoms with van der Waals surface area (Å²) in [4.78, 5) is 27.4. The van der Waals surface area contributed by atoms with Crippen LogP contribution in [0.4, 0.5) is 21.0 Å². The smallest absolute Gasteiger partial charge is 0.410 e. The van der Waals surface area contributed by atoms with Gasteiger partial charge in [0.1, 0.15) is 5.75 Å². The Hall–Kier alpha value is -3.02. The maximum absolute atomic E-state index is 12.2. The molecular formula is C18H19N3O3. The molecule has 0 atom stereocenters. The van der Waals surface area contributed by atoms with Crippen molar-refractivity contribution in [2.45, 2.75) is 6.42 Å². The van der Waals surface area contributed by atoms with Crippen LogP contribution < -0.4 is 15.0 Å². The lowest BCUT2D eigenvalue weighted by Crippen LogP contribution is -2.47. The van der Waals surface area contributed by atoms with Crippen molar-refractivity contribution in [2.75, 3.05) is 30.4 Å². The number of hydrogen-bond acceptors (Lipinski definition) is 3. The minimum absolute atomic E-state index is 0.00885. The molecule has 2 aromatic rings. The van der Waals surface area contributed by atoms with Crippen LogP contribution in [-0.2, 0) is 0 Å². The third-order valence-electron chi connectivity index (χ3n) is 3.81. The summed E-state index contributed by atoms with van der Waals surface area (Å²) in [6.07, 6.45) is 0.383. The highest BCUT2D eigenvalue weighted by Crippen LogP contribution is 2.22. The standard InChI is InChI=1S/C18H19N3O3/c1-20-12-5-13-21(18(20)23)15-10-8-14(9-11-15)19-17(22)24-16-6-3-2-4-7-16/h2-4,6-11H,5,12-13H2,1H3,(H,19,22). The van der Waals surface area contributed by atoms with Crippen LogP contribution in [0.1, 0.15) is 6.42 Å². The number of carbonyl (C=O) groups excluding carboxylic acids is 2. The minimum Gasteiger partial charge on any atom is -0.410 e. The number of amides is 3. The van der Waals surface area contributed by atoms with Gasteiger partial charge >= 0.3 is 12.1 Å². The van der Waals surface area contributed by atoms with E-state index in [1.807, 2.05) is 18.2 Å². The fourth-order valence-electron chi connectivity index (χ4n) is 2.57. The Morgan fingerprint density at radius 1 is 1.04 bits per heavy atom. The van der Waals surface area contributed by atoms with Gasteiger partial charge in [-0.2, -0.15) is 0 Å². The Morgan fingerprint density at radius 3 is 2.46 bits per heavy atom. The van der Waals surface area contributed by atoms with Gasteiger partial charge in [0.25, 0.3) is 0 Å². The maximum Gasteiger partial charge on any atom is 0.417 e. The summed E-state index contributed by atoms with van der Waals surface area (Å²) >= 11 is 0. The van der Waals surface area contributed by atoms with E-state index in [0.717, 1.165) is 18.7 Å². The number of nitrogens with one attached hydrogen (secondary N) is 1. The zero-order valence-electron chi connectivity index (χ0n) is 13.4. The predicted octanol–water partition coefficient (Wildman–Crippen LogP) is 3.56. The van der Waals surface area contributed by atoms with Crippen LogP contribution in [0.3, 0.4) is 0 Å². The van der Waals surface area contributed by atoms with Crippen molar-refractivity contribution in [1.82, 2.24) is 4.90 Å². The van der Waals surface area contributed by atoms with Crippen molar-refractivity contribution >= 4 is 23.5 Å². The molecule has 1 aliphatic heterocycles. The first-order valence-electron chi connectivity index (χ1n) is 7.80. The number of benzene rings is 2. The number of nitrogens with zero attached hydrogens (tertiary/aromatic N) is 2. The topological polar surface area (TPSA) is 61.9 Å². The first-order valence-corrected chi connectivity index (χ1v) is 7.80. The van der Waals surface area contributed by atoms with Crippen LogP contribution in [0, 0.1) is 0 Å². The van der Waals surface area contributed by atoms with Crippen molar-refractivity contribution < 1.29 is 14.3 Å². The fourth-order valence-corrected chi connectivity index (χ4v) is 2.57. The van der Waals surface area contributed by atoms with Crippen LogP contribution in [0.15, 0.2) is 54.6 Å². The molecule has 1 saturated heterocycles. The molecule has 124 valence electrons. The summed E-state index contributed by atoms with van der Waals surface area (Å²) < 4.78 is 5.17. The van der Waals surface area contributed by atoms with Gasteiger partial charge in [-0.3, -0.25) is 10.2 Å². The number of anilines is 2. The average molecular weight is 325 g/mol. The number of para-hydroxylation sites is 1. The zero-order chi connectivity index (χ0) is 16.9. The molecule has 0 aromatic heterocycles. The van der Waals surface area contributed by atoms with Crippen molar-refractivity contribution in [1.29, 1.82) is 0 Å². The molecular weight excluding hydrogens is 306 g/mol. The van der Waals surface area contributed by atoms with Crippen molar-refractivity contribution in [3.05, 3.63) is 54.6 Å². The highest BCUT2D eigenvalue weighted by molar-refractivity contribution is 5.93. The Kier molecular flexibility index (Phi) is 4.65. The van der Waals surface area contributed by atoms with Gasteiger partial charge in [0.05, 0.1) is 0 Å². The third kappa shape index (κ3) is 3.65. The lowest BCUT2D eigenvalue weighted by molar-refractivity contribution is 0.207. The van der Waals surface area contributed by atoms with E-state index in [1.165, 1.54) is 0 Å². The minimum atomic E-state index is -0.553. The lowest BCUT2D eigenvalue weighted by Gasteiger charge is -2.33. The van der Waals surface area contributed by atoms with Crippen LogP contribution in [-0.4, -0.2) is 37.2 Å². The lowest BCUT2D eigenvalue weighted by atomic mass is 10.2. The van der Waals surface area contributed by atoms with Gasteiger partial charge < -0.3 is 9.64 Å². The van der Waals surface area contributed by atoms with Crippen molar-refractivity contribution in [3.8, 4) is 5.75 Å². The van der Waals surface area contributed by atoms with Gasteiger partial charge in [0.2, 0.25) is 0 Å². The van der Waals surface area contributed by atoms with E-state index < -0.39 is 6.09 Å². The van der Waals surface area contributed by atoms with E-state index in [9.17, 15) is 9.59 Å². The van der Waals surface area contributed by atoms with Gasteiger partial charge in [-0.25, -0.2) is 9.59 Å². The molecule has 0 bridgehead atoms. The molecule has 0 radical (unpaired) electrons. The molecule has 1 fully saturated rings. The van der Waals surface area contributed by atoms with Crippen LogP contribution in [0.5, 0.6) is 5.75 Å². The molecule has 1 heterocycles. The summed E-state index contributed by atoms with van der Waals surface area (Å²) in [6, 6.07) is 16.0. The molecule has 24 heavy (non-hydrogen) atoms. The Balaban J connectivity index is 1.62. The molecule has 3 amide bonds. The molecule has 0 unspecified atom stereocenters. The SMILES string of the molecule is CN1CCCN(c2ccc(NC(=O)Oc3ccccc3)cc2)C1=O. The predicted molar refractivity (Wildman–Crippen MR) is 92.5 cm³/mol. The molecule has 1 N–H and O–H groups in total. The largest absolute Gasteiger partial charge is 0.417 e. The van der Waals surface area contributed by atoms with E-state index >= 15 is 0 Å². The van der Waals surface area contributed by atoms with E-state index in [1.54, 1.807) is 53.2 Å². The Bertz CT molecular complexity index is 716. The third-order valence-corrected chi connectivity index (χ3v) is 3.81. The summed E-state index contributed by atoms with van der Waals surface area (Å²) in [5.74, 6) is 0.480. The van der Waals surface area contributed by atoms with Crippen molar-refractivity contribution in [2.24, 2.45) is 0 Å². The van der Waals surface area contributed by atoms with Crippen LogP contribution in [0.25, 0.3) is 0 Å². The van der Waals surface area contributed by atoms with Crippen LogP contribution in [0.2, 0.25) is 0 Å². The second kappa shape index (κ2) is 7.04. The van der Waals surface area contributed by atoms with Gasteiger partial charge in [0.15, 0.2) is 0 Å². The number of urea groups is 1. The van der Waals surface area contributed by atoms with E-state index in [4.69, 9.17) is 4.74 Å². The Morgan fingerprint density at radius 2 is 1.75 bits per heavy atom. The summed E-state index contributed by atoms with van der Waals surface area (Å²) in [7, 11) is 1.80. The fraction of sp³-hybridized carbons (Fsp3) is 0.222. The molecule has 6 heteroatoms. The number of hydrogen-bond donors (Lipinski definition) is 1. The monoisotopic (exact) mass is 325 g/mol. The van der Waals surface area contributed by atoms with Gasteiger partial charge in [-0.15, -0.1) is 0 Å². The Labute approximate surface area is 140 Å². The highest BCUT2D eigenvalue weighted by atomic mass is 16.6. The van der Waals surface area contributed by atoms with Gasteiger partial charge in [-0.1, -0.05) is 18.2 Å². The van der Waals surface area contributed by atoms with E-state index in [2.05, 4.69) is 5.32 Å². The molecule has 3 rings (SSSR count). The summed E-state index contributed by atoms with van der Waals surface area (Å²) in [5.41, 5.74) is 1.42. The molecule has 0 spiro atoms. The average Bonchev–Trinajstić information content (AvgIpc) is 2.59. The maximum atomic E-state index is 12.2. The summed E-state index contributed by atoms with van der Waals surface area (Å²) in [5, 5.41) is 2.67. The first kappa shape index (κ1) is 15.9. The zero-order valence-corrected chi connectivity index (χ0v) is 13.4. The molecule has 0 saturated carbocycles. The quantitative estimate of drug-likeness (QED) is 0.938. The number of ether oxygens (including phenoxy) is 1. The second-order valence-electron chi connectivity index (χ2n) is 5.58. The number of carbonyl (C=O) groups is 2. The molecule has 2 aromatic carbocycles. The normalized spacial score (nSPS) is 14.5. The van der Waals surface area contributed by atoms with Crippen LogP contribution >= 0.6 is 0 Å². The van der Waals surface area contributed by atoms with Crippen molar-refractivity contribution in [3.63, 3.8) is 0 Å².